The van der Waals surface area contributed by atoms with Crippen LogP contribution in [0.15, 0.2) is 18.3 Å². The van der Waals surface area contributed by atoms with Crippen LogP contribution in [0.25, 0.3) is 0 Å². The molecule has 2 heterocycles. The van der Waals surface area contributed by atoms with Crippen molar-refractivity contribution in [2.75, 3.05) is 42.9 Å². The first-order chi connectivity index (χ1) is 9.35. The summed E-state index contributed by atoms with van der Waals surface area (Å²) in [6, 6.07) is 4.12. The zero-order chi connectivity index (χ0) is 13.5. The Labute approximate surface area is 116 Å². The lowest BCUT2D eigenvalue weighted by Crippen LogP contribution is -2.36. The highest BCUT2D eigenvalue weighted by atomic mass is 15.2. The number of hydrogen-bond acceptors (Lipinski definition) is 4. The summed E-state index contributed by atoms with van der Waals surface area (Å²) in [5.74, 6) is 1.89. The Bertz CT molecular complexity index is 374. The van der Waals surface area contributed by atoms with Crippen molar-refractivity contribution in [2.24, 2.45) is 5.92 Å². The third kappa shape index (κ3) is 3.83. The predicted octanol–water partition coefficient (Wildman–Crippen LogP) is 2.34. The summed E-state index contributed by atoms with van der Waals surface area (Å²) in [5.41, 5.74) is 1.15. The first-order valence-corrected chi connectivity index (χ1v) is 7.49. The molecule has 0 spiro atoms. The van der Waals surface area contributed by atoms with Crippen molar-refractivity contribution in [1.82, 2.24) is 10.3 Å². The zero-order valence-electron chi connectivity index (χ0n) is 12.2. The van der Waals surface area contributed by atoms with Gasteiger partial charge in [0.05, 0.1) is 5.69 Å². The van der Waals surface area contributed by atoms with Gasteiger partial charge in [0.15, 0.2) is 5.82 Å². The van der Waals surface area contributed by atoms with Crippen LogP contribution in [0.5, 0.6) is 0 Å². The fraction of sp³-hybridized carbons (Fsp3) is 0.667. The largest absolute Gasteiger partial charge is 0.382 e. The lowest BCUT2D eigenvalue weighted by molar-refractivity contribution is 0.374. The second kappa shape index (κ2) is 7.34. The van der Waals surface area contributed by atoms with Crippen LogP contribution in [0.1, 0.15) is 26.7 Å². The molecule has 2 N–H and O–H groups in total. The zero-order valence-corrected chi connectivity index (χ0v) is 12.2. The van der Waals surface area contributed by atoms with E-state index >= 15 is 0 Å². The van der Waals surface area contributed by atoms with Crippen LogP contribution in [0, 0.1) is 5.92 Å². The van der Waals surface area contributed by atoms with Crippen molar-refractivity contribution >= 4 is 11.5 Å². The SMILES string of the molecule is CCNc1cccnc1N(CC)CC1CCNCC1. The fourth-order valence-electron chi connectivity index (χ4n) is 2.72. The van der Waals surface area contributed by atoms with Gasteiger partial charge in [-0.05, 0) is 57.8 Å². The average molecular weight is 262 g/mol. The van der Waals surface area contributed by atoms with Gasteiger partial charge >= 0.3 is 0 Å². The quantitative estimate of drug-likeness (QED) is 0.825. The molecule has 0 amide bonds. The molecule has 2 rings (SSSR count). The van der Waals surface area contributed by atoms with Crippen molar-refractivity contribution in [1.29, 1.82) is 0 Å². The molecule has 1 fully saturated rings. The van der Waals surface area contributed by atoms with E-state index in [0.29, 0.717) is 0 Å². The summed E-state index contributed by atoms with van der Waals surface area (Å²) in [7, 11) is 0. The maximum absolute atomic E-state index is 4.58. The number of piperidine rings is 1. The molecule has 0 bridgehead atoms. The summed E-state index contributed by atoms with van der Waals surface area (Å²) in [6.45, 7) is 9.72. The van der Waals surface area contributed by atoms with E-state index in [9.17, 15) is 0 Å². The Balaban J connectivity index is 2.07. The van der Waals surface area contributed by atoms with Gasteiger partial charge in [-0.1, -0.05) is 0 Å². The van der Waals surface area contributed by atoms with Crippen LogP contribution >= 0.6 is 0 Å². The molecule has 0 atom stereocenters. The van der Waals surface area contributed by atoms with Crippen LogP contribution in [0.3, 0.4) is 0 Å². The molecule has 1 aromatic heterocycles. The van der Waals surface area contributed by atoms with E-state index < -0.39 is 0 Å². The molecule has 0 aromatic carbocycles. The smallest absolute Gasteiger partial charge is 0.151 e. The fourth-order valence-corrected chi connectivity index (χ4v) is 2.72. The van der Waals surface area contributed by atoms with E-state index in [1.807, 2.05) is 12.3 Å². The number of rotatable bonds is 6. The van der Waals surface area contributed by atoms with Crippen molar-refractivity contribution < 1.29 is 0 Å². The third-order valence-electron chi connectivity index (χ3n) is 3.77. The number of hydrogen-bond donors (Lipinski definition) is 2. The molecule has 1 aliphatic rings. The second-order valence-electron chi connectivity index (χ2n) is 5.14. The Morgan fingerprint density at radius 2 is 2.16 bits per heavy atom. The lowest BCUT2D eigenvalue weighted by atomic mass is 9.97. The third-order valence-corrected chi connectivity index (χ3v) is 3.77. The molecular weight excluding hydrogens is 236 g/mol. The predicted molar refractivity (Wildman–Crippen MR) is 81.9 cm³/mol. The summed E-state index contributed by atoms with van der Waals surface area (Å²) < 4.78 is 0. The summed E-state index contributed by atoms with van der Waals surface area (Å²) in [4.78, 5) is 6.99. The lowest BCUT2D eigenvalue weighted by Gasteiger charge is -2.31. The van der Waals surface area contributed by atoms with Crippen molar-refractivity contribution in [2.45, 2.75) is 26.7 Å². The maximum atomic E-state index is 4.58. The van der Waals surface area contributed by atoms with Gasteiger partial charge in [-0.2, -0.15) is 0 Å². The van der Waals surface area contributed by atoms with Gasteiger partial charge in [0, 0.05) is 25.8 Å². The van der Waals surface area contributed by atoms with E-state index in [4.69, 9.17) is 0 Å². The van der Waals surface area contributed by atoms with Crippen LogP contribution in [0.2, 0.25) is 0 Å². The highest BCUT2D eigenvalue weighted by molar-refractivity contribution is 5.65. The minimum Gasteiger partial charge on any atom is -0.382 e. The van der Waals surface area contributed by atoms with Gasteiger partial charge in [-0.3, -0.25) is 0 Å². The van der Waals surface area contributed by atoms with Crippen LogP contribution in [0.4, 0.5) is 11.5 Å². The van der Waals surface area contributed by atoms with Gasteiger partial charge < -0.3 is 15.5 Å². The monoisotopic (exact) mass is 262 g/mol. The Morgan fingerprint density at radius 1 is 1.37 bits per heavy atom. The highest BCUT2D eigenvalue weighted by Crippen LogP contribution is 2.24. The van der Waals surface area contributed by atoms with E-state index in [1.165, 1.54) is 12.8 Å². The molecule has 106 valence electrons. The number of nitrogens with zero attached hydrogens (tertiary/aromatic N) is 2. The van der Waals surface area contributed by atoms with Crippen LogP contribution in [-0.4, -0.2) is 37.7 Å². The molecule has 4 heteroatoms. The topological polar surface area (TPSA) is 40.2 Å². The first-order valence-electron chi connectivity index (χ1n) is 7.49. The number of anilines is 2. The molecule has 1 aliphatic heterocycles. The summed E-state index contributed by atoms with van der Waals surface area (Å²) in [5, 5.41) is 6.84. The second-order valence-corrected chi connectivity index (χ2v) is 5.14. The van der Waals surface area contributed by atoms with Gasteiger partial charge in [-0.25, -0.2) is 4.98 Å². The Kier molecular flexibility index (Phi) is 5.45. The van der Waals surface area contributed by atoms with Gasteiger partial charge in [0.2, 0.25) is 0 Å². The highest BCUT2D eigenvalue weighted by Gasteiger charge is 2.18. The van der Waals surface area contributed by atoms with Crippen molar-refractivity contribution in [3.05, 3.63) is 18.3 Å². The van der Waals surface area contributed by atoms with E-state index in [1.54, 1.807) is 0 Å². The summed E-state index contributed by atoms with van der Waals surface area (Å²) >= 11 is 0. The van der Waals surface area contributed by atoms with Crippen molar-refractivity contribution in [3.8, 4) is 0 Å². The van der Waals surface area contributed by atoms with Gasteiger partial charge in [0.25, 0.3) is 0 Å². The van der Waals surface area contributed by atoms with Crippen molar-refractivity contribution in [3.63, 3.8) is 0 Å². The Morgan fingerprint density at radius 3 is 2.84 bits per heavy atom. The van der Waals surface area contributed by atoms with Crippen LogP contribution in [-0.2, 0) is 0 Å². The van der Waals surface area contributed by atoms with Gasteiger partial charge in [0.1, 0.15) is 0 Å². The van der Waals surface area contributed by atoms with Crippen LogP contribution < -0.4 is 15.5 Å². The molecule has 0 unspecified atom stereocenters. The molecule has 0 radical (unpaired) electrons. The van der Waals surface area contributed by atoms with Gasteiger partial charge in [-0.15, -0.1) is 0 Å². The van der Waals surface area contributed by atoms with E-state index in [0.717, 1.165) is 50.1 Å². The molecule has 1 aromatic rings. The standard InChI is InChI=1S/C15H26N4/c1-3-17-14-6-5-9-18-15(14)19(4-2)12-13-7-10-16-11-8-13/h5-6,9,13,16-17H,3-4,7-8,10-12H2,1-2H3. The Hall–Kier alpha value is -1.29. The number of nitrogens with one attached hydrogen (secondary N) is 2. The molecular formula is C15H26N4. The van der Waals surface area contributed by atoms with E-state index in [-0.39, 0.29) is 0 Å². The normalized spacial score (nSPS) is 16.3. The first kappa shape index (κ1) is 14.1. The number of aromatic nitrogens is 1. The van der Waals surface area contributed by atoms with E-state index in [2.05, 4.69) is 40.4 Å². The minimum atomic E-state index is 0.790. The number of pyridine rings is 1. The molecule has 0 aliphatic carbocycles. The molecule has 4 nitrogen and oxygen atoms in total. The summed E-state index contributed by atoms with van der Waals surface area (Å²) in [6.07, 6.45) is 4.45. The average Bonchev–Trinajstić information content (AvgIpc) is 2.47. The molecule has 0 saturated carbocycles. The molecule has 19 heavy (non-hydrogen) atoms. The molecule has 1 saturated heterocycles. The minimum absolute atomic E-state index is 0.790. The maximum Gasteiger partial charge on any atom is 0.151 e.